The second kappa shape index (κ2) is 6.66. The van der Waals surface area contributed by atoms with Crippen LogP contribution in [-0.2, 0) is 6.54 Å². The van der Waals surface area contributed by atoms with Crippen molar-refractivity contribution < 1.29 is 0 Å². The molecule has 4 nitrogen and oxygen atoms in total. The van der Waals surface area contributed by atoms with Crippen molar-refractivity contribution in [3.63, 3.8) is 0 Å². The number of pyridine rings is 1. The van der Waals surface area contributed by atoms with Gasteiger partial charge in [0.25, 0.3) is 0 Å². The zero-order chi connectivity index (χ0) is 13.7. The van der Waals surface area contributed by atoms with Crippen LogP contribution in [0.1, 0.15) is 48.9 Å². The fourth-order valence-corrected chi connectivity index (χ4v) is 2.73. The molecule has 1 aromatic rings. The number of nitrogens with two attached hydrogens (primary N) is 1. The van der Waals surface area contributed by atoms with Crippen LogP contribution < -0.4 is 11.1 Å². The SMILES string of the molecule is CN=Cc1c(C)ncc(CN)c1NC1CCCCC1. The van der Waals surface area contributed by atoms with Crippen molar-refractivity contribution in [2.45, 2.75) is 51.6 Å². The summed E-state index contributed by atoms with van der Waals surface area (Å²) in [5.74, 6) is 0. The number of hydrogen-bond acceptors (Lipinski definition) is 4. The summed E-state index contributed by atoms with van der Waals surface area (Å²) < 4.78 is 0. The summed E-state index contributed by atoms with van der Waals surface area (Å²) >= 11 is 0. The van der Waals surface area contributed by atoms with Gasteiger partial charge in [-0.25, -0.2) is 0 Å². The minimum Gasteiger partial charge on any atom is -0.381 e. The van der Waals surface area contributed by atoms with Gasteiger partial charge in [-0.05, 0) is 19.8 Å². The van der Waals surface area contributed by atoms with E-state index in [2.05, 4.69) is 15.3 Å². The zero-order valence-electron chi connectivity index (χ0n) is 11.9. The molecule has 0 spiro atoms. The summed E-state index contributed by atoms with van der Waals surface area (Å²) in [6.07, 6.45) is 10.2. The molecule has 0 amide bonds. The lowest BCUT2D eigenvalue weighted by molar-refractivity contribution is 0.462. The summed E-state index contributed by atoms with van der Waals surface area (Å²) in [6.45, 7) is 2.52. The quantitative estimate of drug-likeness (QED) is 0.818. The van der Waals surface area contributed by atoms with Gasteiger partial charge in [-0.3, -0.25) is 9.98 Å². The fraction of sp³-hybridized carbons (Fsp3) is 0.600. The summed E-state index contributed by atoms with van der Waals surface area (Å²) in [5.41, 5.74) is 10.1. The van der Waals surface area contributed by atoms with Crippen molar-refractivity contribution in [2.24, 2.45) is 10.7 Å². The number of aliphatic imine (C=N–C) groups is 1. The van der Waals surface area contributed by atoms with Crippen LogP contribution in [0.4, 0.5) is 5.69 Å². The zero-order valence-corrected chi connectivity index (χ0v) is 11.9. The van der Waals surface area contributed by atoms with Crippen LogP contribution in [0.2, 0.25) is 0 Å². The Balaban J connectivity index is 2.31. The molecule has 1 fully saturated rings. The summed E-state index contributed by atoms with van der Waals surface area (Å²) in [4.78, 5) is 8.56. The van der Waals surface area contributed by atoms with Gasteiger partial charge in [0.1, 0.15) is 0 Å². The van der Waals surface area contributed by atoms with E-state index in [1.807, 2.05) is 19.3 Å². The maximum atomic E-state index is 5.85. The normalized spacial score (nSPS) is 17.0. The van der Waals surface area contributed by atoms with Crippen molar-refractivity contribution >= 4 is 11.9 Å². The Bertz CT molecular complexity index is 448. The average Bonchev–Trinajstić information content (AvgIpc) is 2.44. The van der Waals surface area contributed by atoms with Crippen LogP contribution in [0.15, 0.2) is 11.2 Å². The van der Waals surface area contributed by atoms with Gasteiger partial charge >= 0.3 is 0 Å². The molecular weight excluding hydrogens is 236 g/mol. The van der Waals surface area contributed by atoms with Crippen molar-refractivity contribution in [2.75, 3.05) is 12.4 Å². The van der Waals surface area contributed by atoms with Crippen LogP contribution >= 0.6 is 0 Å². The van der Waals surface area contributed by atoms with E-state index in [4.69, 9.17) is 5.73 Å². The van der Waals surface area contributed by atoms with Gasteiger partial charge < -0.3 is 11.1 Å². The standard InChI is InChI=1S/C15H24N4/c1-11-14(10-17-2)15(12(8-16)9-18-11)19-13-6-4-3-5-7-13/h9-10,13H,3-8,16H2,1-2H3,(H,18,19). The van der Waals surface area contributed by atoms with Crippen LogP contribution in [0.5, 0.6) is 0 Å². The average molecular weight is 260 g/mol. The highest BCUT2D eigenvalue weighted by Crippen LogP contribution is 2.27. The molecule has 1 aliphatic rings. The Morgan fingerprint density at radius 2 is 2.16 bits per heavy atom. The minimum absolute atomic E-state index is 0.507. The molecule has 1 aromatic heterocycles. The minimum atomic E-state index is 0.507. The van der Waals surface area contributed by atoms with Gasteiger partial charge in [0.05, 0.1) is 5.69 Å². The third-order valence-corrected chi connectivity index (χ3v) is 3.83. The smallest absolute Gasteiger partial charge is 0.0510 e. The first kappa shape index (κ1) is 14.0. The highest BCUT2D eigenvalue weighted by Gasteiger charge is 2.17. The Labute approximate surface area is 115 Å². The molecule has 0 atom stereocenters. The largest absolute Gasteiger partial charge is 0.381 e. The third kappa shape index (κ3) is 3.32. The van der Waals surface area contributed by atoms with Crippen LogP contribution in [-0.4, -0.2) is 24.3 Å². The van der Waals surface area contributed by atoms with Crippen molar-refractivity contribution in [3.8, 4) is 0 Å². The highest BCUT2D eigenvalue weighted by atomic mass is 14.9. The van der Waals surface area contributed by atoms with Gasteiger partial charge in [0, 0.05) is 48.9 Å². The van der Waals surface area contributed by atoms with Gasteiger partial charge in [-0.15, -0.1) is 0 Å². The Morgan fingerprint density at radius 1 is 1.42 bits per heavy atom. The van der Waals surface area contributed by atoms with E-state index < -0.39 is 0 Å². The number of hydrogen-bond donors (Lipinski definition) is 2. The molecule has 0 aromatic carbocycles. The van der Waals surface area contributed by atoms with E-state index in [1.165, 1.54) is 32.1 Å². The van der Waals surface area contributed by atoms with Crippen LogP contribution in [0, 0.1) is 6.92 Å². The first-order valence-electron chi connectivity index (χ1n) is 7.13. The van der Waals surface area contributed by atoms with Gasteiger partial charge in [-0.2, -0.15) is 0 Å². The molecule has 3 N–H and O–H groups in total. The molecule has 0 aliphatic heterocycles. The first-order valence-corrected chi connectivity index (χ1v) is 7.13. The summed E-state index contributed by atoms with van der Waals surface area (Å²) in [6, 6.07) is 0.560. The number of nitrogens with zero attached hydrogens (tertiary/aromatic N) is 2. The summed E-state index contributed by atoms with van der Waals surface area (Å²) in [7, 11) is 1.79. The van der Waals surface area contributed by atoms with E-state index >= 15 is 0 Å². The lowest BCUT2D eigenvalue weighted by Gasteiger charge is -2.26. The fourth-order valence-electron chi connectivity index (χ4n) is 2.73. The predicted molar refractivity (Wildman–Crippen MR) is 80.9 cm³/mol. The molecule has 4 heteroatoms. The molecule has 2 rings (SSSR count). The second-order valence-corrected chi connectivity index (χ2v) is 5.23. The molecule has 1 heterocycles. The maximum absolute atomic E-state index is 5.85. The molecule has 0 bridgehead atoms. The topological polar surface area (TPSA) is 63.3 Å². The van der Waals surface area contributed by atoms with Gasteiger partial charge in [0.15, 0.2) is 0 Å². The first-order chi connectivity index (χ1) is 9.26. The molecule has 104 valence electrons. The monoisotopic (exact) mass is 260 g/mol. The van der Waals surface area contributed by atoms with E-state index in [9.17, 15) is 0 Å². The number of aryl methyl sites for hydroxylation is 1. The molecule has 0 unspecified atom stereocenters. The number of nitrogens with one attached hydrogen (secondary N) is 1. The third-order valence-electron chi connectivity index (χ3n) is 3.83. The van der Waals surface area contributed by atoms with Crippen molar-refractivity contribution in [3.05, 3.63) is 23.0 Å². The molecule has 1 saturated carbocycles. The number of rotatable bonds is 4. The molecule has 0 saturated heterocycles. The van der Waals surface area contributed by atoms with Crippen LogP contribution in [0.25, 0.3) is 0 Å². The summed E-state index contributed by atoms with van der Waals surface area (Å²) in [5, 5.41) is 3.68. The number of anilines is 1. The van der Waals surface area contributed by atoms with Crippen molar-refractivity contribution in [1.29, 1.82) is 0 Å². The molecule has 1 aliphatic carbocycles. The molecular formula is C15H24N4. The molecule has 19 heavy (non-hydrogen) atoms. The molecule has 0 radical (unpaired) electrons. The maximum Gasteiger partial charge on any atom is 0.0510 e. The van der Waals surface area contributed by atoms with E-state index in [1.54, 1.807) is 7.05 Å². The number of aromatic nitrogens is 1. The van der Waals surface area contributed by atoms with E-state index in [0.717, 1.165) is 22.5 Å². The lowest BCUT2D eigenvalue weighted by Crippen LogP contribution is -2.24. The van der Waals surface area contributed by atoms with E-state index in [-0.39, 0.29) is 0 Å². The Kier molecular flexibility index (Phi) is 4.91. The van der Waals surface area contributed by atoms with Crippen LogP contribution in [0.3, 0.4) is 0 Å². The van der Waals surface area contributed by atoms with Gasteiger partial charge in [-0.1, -0.05) is 19.3 Å². The van der Waals surface area contributed by atoms with Gasteiger partial charge in [0.2, 0.25) is 0 Å². The lowest BCUT2D eigenvalue weighted by atomic mass is 9.94. The highest BCUT2D eigenvalue weighted by molar-refractivity contribution is 5.90. The van der Waals surface area contributed by atoms with E-state index in [0.29, 0.717) is 12.6 Å². The Hall–Kier alpha value is -1.42. The second-order valence-electron chi connectivity index (χ2n) is 5.23. The van der Waals surface area contributed by atoms with Crippen molar-refractivity contribution in [1.82, 2.24) is 4.98 Å². The Morgan fingerprint density at radius 3 is 2.79 bits per heavy atom. The predicted octanol–water partition coefficient (Wildman–Crippen LogP) is 2.64.